The second-order valence-electron chi connectivity index (χ2n) is 5.54. The second-order valence-corrected chi connectivity index (χ2v) is 7.59. The summed E-state index contributed by atoms with van der Waals surface area (Å²) in [4.78, 5) is 6.57. The Hall–Kier alpha value is -0.920. The van der Waals surface area contributed by atoms with Gasteiger partial charge >= 0.3 is 0 Å². The van der Waals surface area contributed by atoms with E-state index in [-0.39, 0.29) is 5.75 Å². The zero-order chi connectivity index (χ0) is 14.6. The van der Waals surface area contributed by atoms with Gasteiger partial charge in [0.1, 0.15) is 5.82 Å². The lowest BCUT2D eigenvalue weighted by Crippen LogP contribution is -2.33. The van der Waals surface area contributed by atoms with Gasteiger partial charge in [-0.1, -0.05) is 0 Å². The van der Waals surface area contributed by atoms with Crippen molar-refractivity contribution in [1.82, 2.24) is 19.2 Å². The van der Waals surface area contributed by atoms with Crippen LogP contribution in [0.2, 0.25) is 0 Å². The average molecular weight is 300 g/mol. The van der Waals surface area contributed by atoms with Gasteiger partial charge in [-0.15, -0.1) is 0 Å². The summed E-state index contributed by atoms with van der Waals surface area (Å²) in [6.07, 6.45) is 6.78. The molecule has 0 fully saturated rings. The number of hydrogen-bond donors (Lipinski definition) is 1. The second kappa shape index (κ2) is 6.69. The van der Waals surface area contributed by atoms with Gasteiger partial charge in [0.05, 0.1) is 5.75 Å². The summed E-state index contributed by atoms with van der Waals surface area (Å²) in [6.45, 7) is 2.85. The monoisotopic (exact) mass is 300 g/mol. The molecule has 0 saturated heterocycles. The van der Waals surface area contributed by atoms with Gasteiger partial charge in [-0.05, 0) is 39.4 Å². The van der Waals surface area contributed by atoms with Crippen molar-refractivity contribution in [2.24, 2.45) is 5.92 Å². The van der Waals surface area contributed by atoms with Crippen LogP contribution in [0, 0.1) is 5.92 Å². The molecule has 6 nitrogen and oxygen atoms in total. The van der Waals surface area contributed by atoms with Crippen LogP contribution in [0.5, 0.6) is 0 Å². The molecule has 0 aliphatic carbocycles. The Morgan fingerprint density at radius 1 is 1.55 bits per heavy atom. The highest BCUT2D eigenvalue weighted by Crippen LogP contribution is 2.19. The van der Waals surface area contributed by atoms with Gasteiger partial charge in [0.2, 0.25) is 10.0 Å². The molecule has 0 spiro atoms. The fraction of sp³-hybridized carbons (Fsp3) is 0.769. The topological polar surface area (TPSA) is 67.2 Å². The normalized spacial score (nSPS) is 19.2. The van der Waals surface area contributed by atoms with E-state index >= 15 is 0 Å². The van der Waals surface area contributed by atoms with E-state index in [4.69, 9.17) is 0 Å². The van der Waals surface area contributed by atoms with Crippen LogP contribution in [0.3, 0.4) is 0 Å². The van der Waals surface area contributed by atoms with E-state index in [1.165, 1.54) is 12.9 Å². The third kappa shape index (κ3) is 4.29. The Morgan fingerprint density at radius 3 is 3.10 bits per heavy atom. The molecule has 0 unspecified atom stereocenters. The fourth-order valence-electron chi connectivity index (χ4n) is 2.74. The van der Waals surface area contributed by atoms with Gasteiger partial charge in [-0.2, -0.15) is 0 Å². The number of nitrogens with zero attached hydrogens (tertiary/aromatic N) is 3. The van der Waals surface area contributed by atoms with Crippen molar-refractivity contribution < 1.29 is 8.42 Å². The zero-order valence-corrected chi connectivity index (χ0v) is 13.1. The van der Waals surface area contributed by atoms with Gasteiger partial charge in [0, 0.05) is 31.9 Å². The van der Waals surface area contributed by atoms with E-state index in [1.54, 1.807) is 0 Å². The van der Waals surface area contributed by atoms with Gasteiger partial charge in [0.25, 0.3) is 0 Å². The molecular formula is C13H24N4O2S. The van der Waals surface area contributed by atoms with Gasteiger partial charge in [0.15, 0.2) is 0 Å². The quantitative estimate of drug-likeness (QED) is 0.787. The molecule has 0 aromatic carbocycles. The zero-order valence-electron chi connectivity index (χ0n) is 12.2. The molecule has 1 atom stereocenters. The largest absolute Gasteiger partial charge is 0.335 e. The highest BCUT2D eigenvalue weighted by Gasteiger charge is 2.20. The van der Waals surface area contributed by atoms with Crippen molar-refractivity contribution in [3.63, 3.8) is 0 Å². The van der Waals surface area contributed by atoms with E-state index in [1.807, 2.05) is 12.4 Å². The molecule has 0 amide bonds. The summed E-state index contributed by atoms with van der Waals surface area (Å²) in [5.74, 6) is 2.01. The van der Waals surface area contributed by atoms with E-state index < -0.39 is 10.0 Å². The Balaban J connectivity index is 1.72. The first-order valence-electron chi connectivity index (χ1n) is 7.10. The lowest BCUT2D eigenvalue weighted by molar-refractivity contribution is 0.235. The third-order valence-corrected chi connectivity index (χ3v) is 5.31. The molecule has 1 aromatic heterocycles. The maximum Gasteiger partial charge on any atom is 0.211 e. The Labute approximate surface area is 121 Å². The number of aryl methyl sites for hydroxylation is 1. The number of imidazole rings is 1. The van der Waals surface area contributed by atoms with Crippen molar-refractivity contribution in [3.05, 3.63) is 18.2 Å². The van der Waals surface area contributed by atoms with Crippen molar-refractivity contribution in [1.29, 1.82) is 0 Å². The predicted molar refractivity (Wildman–Crippen MR) is 79.0 cm³/mol. The van der Waals surface area contributed by atoms with Crippen LogP contribution in [-0.4, -0.2) is 55.8 Å². The highest BCUT2D eigenvalue weighted by atomic mass is 32.2. The molecule has 1 aliphatic rings. The molecule has 2 rings (SSSR count). The summed E-state index contributed by atoms with van der Waals surface area (Å²) < 4.78 is 27.3. The molecular weight excluding hydrogens is 276 g/mol. The molecule has 114 valence electrons. The van der Waals surface area contributed by atoms with Crippen molar-refractivity contribution in [2.75, 3.05) is 32.9 Å². The summed E-state index contributed by atoms with van der Waals surface area (Å²) in [5, 5.41) is 0. The molecule has 7 heteroatoms. The number of fused-ring (bicyclic) bond motifs is 1. The fourth-order valence-corrected chi connectivity index (χ4v) is 3.46. The van der Waals surface area contributed by atoms with E-state index in [2.05, 4.69) is 26.2 Å². The number of rotatable bonds is 7. The van der Waals surface area contributed by atoms with Crippen LogP contribution in [0.4, 0.5) is 0 Å². The number of sulfonamides is 1. The van der Waals surface area contributed by atoms with Crippen LogP contribution in [0.25, 0.3) is 0 Å². The average Bonchev–Trinajstić information content (AvgIpc) is 2.86. The standard InChI is InChI=1S/C13H24N4O2S/c1-14-20(18,19)9-3-7-16(2)10-12-4-5-13-15-6-8-17(13)11-12/h6,8,12,14H,3-5,7,9-11H2,1-2H3/t12-/m0/s1. The SMILES string of the molecule is CNS(=O)(=O)CCCN(C)C[C@@H]1CCc2nccn2C1. The molecule has 1 aromatic rings. The molecule has 0 bridgehead atoms. The molecule has 1 N–H and O–H groups in total. The third-order valence-electron chi connectivity index (χ3n) is 3.87. The van der Waals surface area contributed by atoms with Crippen molar-refractivity contribution in [2.45, 2.75) is 25.8 Å². The molecule has 0 radical (unpaired) electrons. The van der Waals surface area contributed by atoms with Crippen LogP contribution in [0.15, 0.2) is 12.4 Å². The minimum Gasteiger partial charge on any atom is -0.335 e. The predicted octanol–water partition coefficient (Wildman–Crippen LogP) is 0.317. The molecule has 1 aliphatic heterocycles. The lowest BCUT2D eigenvalue weighted by atomic mass is 9.99. The van der Waals surface area contributed by atoms with Crippen LogP contribution < -0.4 is 4.72 Å². The minimum absolute atomic E-state index is 0.199. The maximum absolute atomic E-state index is 11.3. The summed E-state index contributed by atoms with van der Waals surface area (Å²) >= 11 is 0. The summed E-state index contributed by atoms with van der Waals surface area (Å²) in [7, 11) is 0.457. The Morgan fingerprint density at radius 2 is 2.35 bits per heavy atom. The summed E-state index contributed by atoms with van der Waals surface area (Å²) in [5.41, 5.74) is 0. The molecule has 0 saturated carbocycles. The lowest BCUT2D eigenvalue weighted by Gasteiger charge is -2.28. The Bertz CT molecular complexity index is 526. The van der Waals surface area contributed by atoms with E-state index in [0.717, 1.165) is 32.5 Å². The van der Waals surface area contributed by atoms with E-state index in [0.29, 0.717) is 12.3 Å². The smallest absolute Gasteiger partial charge is 0.211 e. The van der Waals surface area contributed by atoms with Crippen LogP contribution in [0.1, 0.15) is 18.7 Å². The molecule has 20 heavy (non-hydrogen) atoms. The number of hydrogen-bond acceptors (Lipinski definition) is 4. The van der Waals surface area contributed by atoms with Gasteiger partial charge in [-0.3, -0.25) is 0 Å². The Kier molecular flexibility index (Phi) is 5.17. The van der Waals surface area contributed by atoms with Crippen LogP contribution in [-0.2, 0) is 23.0 Å². The van der Waals surface area contributed by atoms with Crippen molar-refractivity contribution >= 4 is 10.0 Å². The highest BCUT2D eigenvalue weighted by molar-refractivity contribution is 7.89. The first-order chi connectivity index (χ1) is 9.50. The van der Waals surface area contributed by atoms with Crippen molar-refractivity contribution in [3.8, 4) is 0 Å². The van der Waals surface area contributed by atoms with Crippen LogP contribution >= 0.6 is 0 Å². The number of nitrogens with one attached hydrogen (secondary N) is 1. The minimum atomic E-state index is -3.07. The molecule has 2 heterocycles. The maximum atomic E-state index is 11.3. The number of aromatic nitrogens is 2. The van der Waals surface area contributed by atoms with E-state index in [9.17, 15) is 8.42 Å². The summed E-state index contributed by atoms with van der Waals surface area (Å²) in [6, 6.07) is 0. The van der Waals surface area contributed by atoms with Gasteiger partial charge < -0.3 is 9.47 Å². The first-order valence-corrected chi connectivity index (χ1v) is 8.75. The van der Waals surface area contributed by atoms with Gasteiger partial charge in [-0.25, -0.2) is 18.1 Å². The first kappa shape index (κ1) is 15.5.